The Morgan fingerprint density at radius 2 is 2.00 bits per heavy atom. The zero-order valence-electron chi connectivity index (χ0n) is 11.2. The smallest absolute Gasteiger partial charge is 0.277 e. The maximum absolute atomic E-state index is 11.0. The molecule has 5 heteroatoms. The molecule has 2 aromatic carbocycles. The predicted octanol–water partition coefficient (Wildman–Crippen LogP) is 4.55. The zero-order valence-corrected chi connectivity index (χ0v) is 12.8. The Bertz CT molecular complexity index is 656. The molecular weight excluding hydrogens is 322 g/mol. The lowest BCUT2D eigenvalue weighted by atomic mass is 10.1. The number of ether oxygens (including phenoxy) is 1. The largest absolute Gasteiger partial charge is 0.488 e. The van der Waals surface area contributed by atoms with E-state index >= 15 is 0 Å². The van der Waals surface area contributed by atoms with Crippen molar-refractivity contribution in [1.29, 1.82) is 0 Å². The van der Waals surface area contributed by atoms with Crippen LogP contribution in [0.3, 0.4) is 0 Å². The molecule has 0 unspecified atom stereocenters. The van der Waals surface area contributed by atoms with E-state index in [1.807, 2.05) is 32.0 Å². The van der Waals surface area contributed by atoms with Gasteiger partial charge in [-0.2, -0.15) is 0 Å². The molecule has 0 bridgehead atoms. The third kappa shape index (κ3) is 3.17. The summed E-state index contributed by atoms with van der Waals surface area (Å²) in [5.74, 6) is 0.737. The Morgan fingerprint density at radius 3 is 2.65 bits per heavy atom. The van der Waals surface area contributed by atoms with E-state index in [2.05, 4.69) is 15.9 Å². The minimum atomic E-state index is -0.397. The summed E-state index contributed by atoms with van der Waals surface area (Å²) in [6, 6.07) is 10.7. The molecule has 0 atom stereocenters. The van der Waals surface area contributed by atoms with Gasteiger partial charge >= 0.3 is 0 Å². The minimum Gasteiger partial charge on any atom is -0.488 e. The van der Waals surface area contributed by atoms with Crippen molar-refractivity contribution in [3.05, 3.63) is 67.7 Å². The molecule has 0 aliphatic heterocycles. The Balaban J connectivity index is 2.25. The van der Waals surface area contributed by atoms with Gasteiger partial charge in [-0.25, -0.2) is 0 Å². The second-order valence-corrected chi connectivity index (χ2v) is 5.41. The first kappa shape index (κ1) is 14.5. The molecule has 0 aliphatic rings. The average molecular weight is 336 g/mol. The van der Waals surface area contributed by atoms with Crippen LogP contribution in [-0.4, -0.2) is 4.92 Å². The van der Waals surface area contributed by atoms with E-state index < -0.39 is 4.92 Å². The number of nitrogens with zero attached hydrogens (tertiary/aromatic N) is 1. The Labute approximate surface area is 125 Å². The standard InChI is InChI=1S/C15H14BrNO3/c1-10-6-7-15(11(2)8-10)20-9-12-13(16)4-3-5-14(12)17(18)19/h3-8H,9H2,1-2H3. The van der Waals surface area contributed by atoms with Crippen LogP contribution in [0.1, 0.15) is 16.7 Å². The second-order valence-electron chi connectivity index (χ2n) is 4.55. The van der Waals surface area contributed by atoms with Crippen LogP contribution in [0, 0.1) is 24.0 Å². The molecule has 2 aromatic rings. The molecule has 104 valence electrons. The number of benzene rings is 2. The summed E-state index contributed by atoms with van der Waals surface area (Å²) in [6.07, 6.45) is 0. The van der Waals surface area contributed by atoms with Crippen molar-refractivity contribution in [1.82, 2.24) is 0 Å². The average Bonchev–Trinajstić information content (AvgIpc) is 2.38. The van der Waals surface area contributed by atoms with Gasteiger partial charge in [0.15, 0.2) is 0 Å². The maximum atomic E-state index is 11.0. The molecule has 0 spiro atoms. The molecule has 0 radical (unpaired) electrons. The molecule has 2 rings (SSSR count). The van der Waals surface area contributed by atoms with Crippen LogP contribution in [-0.2, 0) is 6.61 Å². The molecule has 0 saturated carbocycles. The van der Waals surface area contributed by atoms with E-state index in [0.717, 1.165) is 16.9 Å². The number of aryl methyl sites for hydroxylation is 2. The van der Waals surface area contributed by atoms with Crippen molar-refractivity contribution in [2.45, 2.75) is 20.5 Å². The summed E-state index contributed by atoms with van der Waals surface area (Å²) in [5, 5.41) is 11.0. The summed E-state index contributed by atoms with van der Waals surface area (Å²) in [4.78, 5) is 10.6. The highest BCUT2D eigenvalue weighted by Crippen LogP contribution is 2.28. The van der Waals surface area contributed by atoms with Gasteiger partial charge in [-0.15, -0.1) is 0 Å². The quantitative estimate of drug-likeness (QED) is 0.608. The fraction of sp³-hybridized carbons (Fsp3) is 0.200. The number of nitro groups is 1. The van der Waals surface area contributed by atoms with Crippen LogP contribution in [0.25, 0.3) is 0 Å². The van der Waals surface area contributed by atoms with Gasteiger partial charge in [0.25, 0.3) is 5.69 Å². The topological polar surface area (TPSA) is 52.4 Å². The first-order valence-corrected chi connectivity index (χ1v) is 6.90. The van der Waals surface area contributed by atoms with Gasteiger partial charge in [0.05, 0.1) is 10.5 Å². The van der Waals surface area contributed by atoms with Crippen molar-refractivity contribution >= 4 is 21.6 Å². The van der Waals surface area contributed by atoms with Crippen LogP contribution < -0.4 is 4.74 Å². The van der Waals surface area contributed by atoms with Gasteiger partial charge in [-0.3, -0.25) is 10.1 Å². The Hall–Kier alpha value is -1.88. The van der Waals surface area contributed by atoms with E-state index in [4.69, 9.17) is 4.74 Å². The summed E-state index contributed by atoms with van der Waals surface area (Å²) in [5.41, 5.74) is 2.77. The first-order valence-electron chi connectivity index (χ1n) is 6.11. The summed E-state index contributed by atoms with van der Waals surface area (Å²) in [6.45, 7) is 4.12. The molecule has 0 saturated heterocycles. The van der Waals surface area contributed by atoms with Crippen LogP contribution >= 0.6 is 15.9 Å². The maximum Gasteiger partial charge on any atom is 0.277 e. The molecule has 20 heavy (non-hydrogen) atoms. The minimum absolute atomic E-state index is 0.0594. The van der Waals surface area contributed by atoms with Crippen molar-refractivity contribution in [2.75, 3.05) is 0 Å². The fourth-order valence-corrected chi connectivity index (χ4v) is 2.44. The van der Waals surface area contributed by atoms with Gasteiger partial charge < -0.3 is 4.74 Å². The molecule has 0 aromatic heterocycles. The van der Waals surface area contributed by atoms with Gasteiger partial charge in [0.1, 0.15) is 12.4 Å². The van der Waals surface area contributed by atoms with Crippen molar-refractivity contribution in [2.24, 2.45) is 0 Å². The summed E-state index contributed by atoms with van der Waals surface area (Å²) < 4.78 is 6.39. The van der Waals surface area contributed by atoms with E-state index in [1.54, 1.807) is 12.1 Å². The van der Waals surface area contributed by atoms with Crippen LogP contribution in [0.2, 0.25) is 0 Å². The predicted molar refractivity (Wildman–Crippen MR) is 81.0 cm³/mol. The Morgan fingerprint density at radius 1 is 1.25 bits per heavy atom. The number of nitro benzene ring substituents is 1. The summed E-state index contributed by atoms with van der Waals surface area (Å²) in [7, 11) is 0. The van der Waals surface area contributed by atoms with Gasteiger partial charge in [0.2, 0.25) is 0 Å². The van der Waals surface area contributed by atoms with Gasteiger partial charge in [-0.05, 0) is 31.5 Å². The summed E-state index contributed by atoms with van der Waals surface area (Å²) >= 11 is 3.33. The zero-order chi connectivity index (χ0) is 14.7. The van der Waals surface area contributed by atoms with E-state index in [9.17, 15) is 10.1 Å². The normalized spacial score (nSPS) is 10.3. The SMILES string of the molecule is Cc1ccc(OCc2c(Br)cccc2[N+](=O)[O-])c(C)c1. The molecular formula is C15H14BrNO3. The number of halogens is 1. The molecule has 4 nitrogen and oxygen atoms in total. The van der Waals surface area contributed by atoms with E-state index in [1.165, 1.54) is 6.07 Å². The highest BCUT2D eigenvalue weighted by atomic mass is 79.9. The first-order chi connectivity index (χ1) is 9.49. The number of hydrogen-bond donors (Lipinski definition) is 0. The highest BCUT2D eigenvalue weighted by Gasteiger charge is 2.17. The lowest BCUT2D eigenvalue weighted by Gasteiger charge is -2.11. The second kappa shape index (κ2) is 6.05. The lowest BCUT2D eigenvalue weighted by Crippen LogP contribution is -2.02. The van der Waals surface area contributed by atoms with Crippen molar-refractivity contribution in [3.63, 3.8) is 0 Å². The van der Waals surface area contributed by atoms with E-state index in [-0.39, 0.29) is 12.3 Å². The monoisotopic (exact) mass is 335 g/mol. The van der Waals surface area contributed by atoms with Crippen LogP contribution in [0.4, 0.5) is 5.69 Å². The lowest BCUT2D eigenvalue weighted by molar-refractivity contribution is -0.385. The van der Waals surface area contributed by atoms with Gasteiger partial charge in [-0.1, -0.05) is 39.7 Å². The van der Waals surface area contributed by atoms with Gasteiger partial charge in [0, 0.05) is 10.5 Å². The third-order valence-corrected chi connectivity index (χ3v) is 3.74. The van der Waals surface area contributed by atoms with Crippen molar-refractivity contribution < 1.29 is 9.66 Å². The van der Waals surface area contributed by atoms with Crippen LogP contribution in [0.15, 0.2) is 40.9 Å². The molecule has 0 amide bonds. The van der Waals surface area contributed by atoms with Crippen molar-refractivity contribution in [3.8, 4) is 5.75 Å². The highest BCUT2D eigenvalue weighted by molar-refractivity contribution is 9.10. The fourth-order valence-electron chi connectivity index (χ4n) is 1.97. The number of hydrogen-bond acceptors (Lipinski definition) is 3. The van der Waals surface area contributed by atoms with Crippen LogP contribution in [0.5, 0.6) is 5.75 Å². The van der Waals surface area contributed by atoms with E-state index in [0.29, 0.717) is 10.0 Å². The molecule has 0 heterocycles. The third-order valence-electron chi connectivity index (χ3n) is 2.99. The number of rotatable bonds is 4. The molecule has 0 aliphatic carbocycles. The Kier molecular flexibility index (Phi) is 4.39. The molecule has 0 fully saturated rings. The molecule has 0 N–H and O–H groups in total.